The molecule has 5 nitrogen and oxygen atoms in total. The Bertz CT molecular complexity index is 829. The normalized spacial score (nSPS) is 12.8. The fraction of sp³-hybridized carbons (Fsp3) is 0.200. The number of hydrogen-bond acceptors (Lipinski definition) is 2. The number of rotatable bonds is 5. The number of aryl methyl sites for hydroxylation is 1. The summed E-state index contributed by atoms with van der Waals surface area (Å²) in [6, 6.07) is 15.5. The maximum absolute atomic E-state index is 12.9. The van der Waals surface area contributed by atoms with E-state index < -0.39 is 0 Å². The molecule has 2 N–H and O–H groups in total. The van der Waals surface area contributed by atoms with E-state index in [1.807, 2.05) is 67.3 Å². The van der Waals surface area contributed by atoms with E-state index in [1.165, 1.54) is 0 Å². The Morgan fingerprint density at radius 2 is 1.76 bits per heavy atom. The molecule has 0 atom stereocenters. The smallest absolute Gasteiger partial charge is 0.241 e. The molecule has 126 valence electrons. The number of imidazole rings is 1. The van der Waals surface area contributed by atoms with E-state index in [-0.39, 0.29) is 11.8 Å². The van der Waals surface area contributed by atoms with Crippen LogP contribution in [0.5, 0.6) is 11.5 Å². The predicted octanol–water partition coefficient (Wildman–Crippen LogP) is 2.75. The molecule has 1 amide bonds. The van der Waals surface area contributed by atoms with Crippen LogP contribution in [0.2, 0.25) is 0 Å². The fourth-order valence-corrected chi connectivity index (χ4v) is 3.23. The molecule has 0 fully saturated rings. The first-order valence-electron chi connectivity index (χ1n) is 8.48. The first-order valence-corrected chi connectivity index (χ1v) is 8.48. The Hall–Kier alpha value is -3.08. The minimum absolute atomic E-state index is 0.0160. The number of carbonyl (C=O) groups excluding carboxylic acids is 1. The van der Waals surface area contributed by atoms with Gasteiger partial charge in [-0.2, -0.15) is 0 Å². The summed E-state index contributed by atoms with van der Waals surface area (Å²) in [5.74, 6) is 1.19. The Morgan fingerprint density at radius 3 is 2.40 bits per heavy atom. The molecular weight excluding hydrogens is 314 g/mol. The third-order valence-electron chi connectivity index (χ3n) is 4.44. The van der Waals surface area contributed by atoms with Crippen LogP contribution in [0.1, 0.15) is 23.5 Å². The Balaban J connectivity index is 1.50. The number of hydrogen-bond donors (Lipinski definition) is 2. The molecular formula is C20H20N3O2+. The van der Waals surface area contributed by atoms with Gasteiger partial charge in [0.1, 0.15) is 23.9 Å². The molecule has 1 aliphatic rings. The van der Waals surface area contributed by atoms with E-state index in [0.717, 1.165) is 35.6 Å². The largest absolute Gasteiger partial charge is 0.457 e. The van der Waals surface area contributed by atoms with Crippen LogP contribution in [0.4, 0.5) is 0 Å². The van der Waals surface area contributed by atoms with E-state index in [9.17, 15) is 4.79 Å². The van der Waals surface area contributed by atoms with E-state index in [0.29, 0.717) is 6.54 Å². The Morgan fingerprint density at radius 1 is 1.08 bits per heavy atom. The van der Waals surface area contributed by atoms with Crippen LogP contribution < -0.4 is 14.6 Å². The van der Waals surface area contributed by atoms with Gasteiger partial charge in [0.05, 0.1) is 12.5 Å². The number of aromatic amines is 1. The third kappa shape index (κ3) is 3.13. The number of benzene rings is 2. The van der Waals surface area contributed by atoms with Gasteiger partial charge in [-0.15, -0.1) is 0 Å². The highest BCUT2D eigenvalue weighted by Crippen LogP contribution is 2.43. The lowest BCUT2D eigenvalue weighted by Gasteiger charge is -2.27. The predicted molar refractivity (Wildman–Crippen MR) is 93.4 cm³/mol. The van der Waals surface area contributed by atoms with Crippen LogP contribution in [0.25, 0.3) is 0 Å². The van der Waals surface area contributed by atoms with Gasteiger partial charge in [0, 0.05) is 24.1 Å². The molecule has 0 unspecified atom stereocenters. The van der Waals surface area contributed by atoms with Crippen LogP contribution in [-0.4, -0.2) is 17.4 Å². The van der Waals surface area contributed by atoms with Crippen molar-refractivity contribution in [2.24, 2.45) is 0 Å². The quantitative estimate of drug-likeness (QED) is 0.557. The highest BCUT2D eigenvalue weighted by molar-refractivity contribution is 5.89. The fourth-order valence-electron chi connectivity index (χ4n) is 3.23. The van der Waals surface area contributed by atoms with Crippen molar-refractivity contribution in [1.29, 1.82) is 0 Å². The van der Waals surface area contributed by atoms with Gasteiger partial charge < -0.3 is 10.1 Å². The van der Waals surface area contributed by atoms with E-state index in [1.54, 1.807) is 0 Å². The number of carbonyl (C=O) groups is 1. The SMILES string of the molecule is O=C(NCCC[n+]1cc[nH]c1)C1c2ccccc2Oc2ccccc21. The van der Waals surface area contributed by atoms with Crippen LogP contribution >= 0.6 is 0 Å². The average molecular weight is 334 g/mol. The van der Waals surface area contributed by atoms with Crippen molar-refractivity contribution in [2.45, 2.75) is 18.9 Å². The minimum Gasteiger partial charge on any atom is -0.457 e. The van der Waals surface area contributed by atoms with Gasteiger partial charge >= 0.3 is 0 Å². The number of nitrogens with one attached hydrogen (secondary N) is 2. The number of fused-ring (bicyclic) bond motifs is 2. The van der Waals surface area contributed by atoms with E-state index >= 15 is 0 Å². The van der Waals surface area contributed by atoms with Crippen molar-refractivity contribution in [2.75, 3.05) is 6.54 Å². The van der Waals surface area contributed by atoms with Gasteiger partial charge in [0.15, 0.2) is 0 Å². The highest BCUT2D eigenvalue weighted by atomic mass is 16.5. The zero-order valence-electron chi connectivity index (χ0n) is 13.8. The number of aromatic nitrogens is 2. The average Bonchev–Trinajstić information content (AvgIpc) is 3.16. The highest BCUT2D eigenvalue weighted by Gasteiger charge is 2.32. The lowest BCUT2D eigenvalue weighted by atomic mass is 9.87. The van der Waals surface area contributed by atoms with Crippen LogP contribution in [-0.2, 0) is 11.3 Å². The molecule has 25 heavy (non-hydrogen) atoms. The van der Waals surface area contributed by atoms with Crippen molar-refractivity contribution < 1.29 is 14.1 Å². The zero-order valence-corrected chi connectivity index (χ0v) is 13.8. The first kappa shape index (κ1) is 15.4. The number of nitrogens with zero attached hydrogens (tertiary/aromatic N) is 1. The van der Waals surface area contributed by atoms with Crippen molar-refractivity contribution >= 4 is 5.91 Å². The summed E-state index contributed by atoms with van der Waals surface area (Å²) in [6.07, 6.45) is 6.65. The molecule has 5 heteroatoms. The lowest BCUT2D eigenvalue weighted by Crippen LogP contribution is -2.36. The lowest BCUT2D eigenvalue weighted by molar-refractivity contribution is -0.695. The molecule has 4 rings (SSSR count). The molecule has 0 saturated heterocycles. The standard InChI is InChI=1S/C20H19N3O2/c24-20(22-10-5-12-23-13-11-21-14-23)19-15-6-1-3-8-17(15)25-18-9-4-2-7-16(18)19/h1-4,6-9,11,13-14,19H,5,10,12H2,(H,22,24)/p+1. The summed E-state index contributed by atoms with van der Waals surface area (Å²) in [6.45, 7) is 1.50. The van der Waals surface area contributed by atoms with Gasteiger partial charge in [0.25, 0.3) is 0 Å². The van der Waals surface area contributed by atoms with Crippen LogP contribution in [0.15, 0.2) is 67.3 Å². The van der Waals surface area contributed by atoms with Crippen molar-refractivity contribution in [3.8, 4) is 11.5 Å². The second-order valence-corrected chi connectivity index (χ2v) is 6.10. The van der Waals surface area contributed by atoms with E-state index in [4.69, 9.17) is 4.74 Å². The number of amides is 1. The third-order valence-corrected chi connectivity index (χ3v) is 4.44. The molecule has 0 aliphatic carbocycles. The van der Waals surface area contributed by atoms with Crippen molar-refractivity contribution in [1.82, 2.24) is 10.3 Å². The summed E-state index contributed by atoms with van der Waals surface area (Å²) in [7, 11) is 0. The second kappa shape index (κ2) is 6.81. The zero-order chi connectivity index (χ0) is 17.1. The van der Waals surface area contributed by atoms with Crippen molar-refractivity contribution in [3.05, 3.63) is 78.4 Å². The van der Waals surface area contributed by atoms with Gasteiger partial charge in [-0.1, -0.05) is 36.4 Å². The number of para-hydroxylation sites is 2. The van der Waals surface area contributed by atoms with Gasteiger partial charge in [-0.05, 0) is 12.1 Å². The molecule has 1 aliphatic heterocycles. The molecule has 0 spiro atoms. The van der Waals surface area contributed by atoms with Crippen LogP contribution in [0, 0.1) is 0 Å². The minimum atomic E-state index is -0.332. The van der Waals surface area contributed by atoms with Crippen molar-refractivity contribution in [3.63, 3.8) is 0 Å². The molecule has 0 saturated carbocycles. The second-order valence-electron chi connectivity index (χ2n) is 6.10. The molecule has 3 aromatic rings. The summed E-state index contributed by atoms with van der Waals surface area (Å²) in [5.41, 5.74) is 1.83. The van der Waals surface area contributed by atoms with Gasteiger partial charge in [0.2, 0.25) is 12.2 Å². The summed E-state index contributed by atoms with van der Waals surface area (Å²) in [4.78, 5) is 15.9. The molecule has 0 radical (unpaired) electrons. The topological polar surface area (TPSA) is 58.0 Å². The maximum Gasteiger partial charge on any atom is 0.241 e. The molecule has 2 heterocycles. The summed E-state index contributed by atoms with van der Waals surface area (Å²) >= 11 is 0. The number of ether oxygens (including phenoxy) is 1. The Labute approximate surface area is 146 Å². The molecule has 2 aromatic carbocycles. The maximum atomic E-state index is 12.9. The van der Waals surface area contributed by atoms with Crippen LogP contribution in [0.3, 0.4) is 0 Å². The van der Waals surface area contributed by atoms with E-state index in [2.05, 4.69) is 14.9 Å². The Kier molecular flexibility index (Phi) is 4.21. The monoisotopic (exact) mass is 334 g/mol. The summed E-state index contributed by atoms with van der Waals surface area (Å²) in [5, 5.41) is 3.08. The molecule has 0 bridgehead atoms. The first-order chi connectivity index (χ1) is 12.3. The molecule has 1 aromatic heterocycles. The number of H-pyrrole nitrogens is 1. The summed E-state index contributed by atoms with van der Waals surface area (Å²) < 4.78 is 8.01. The van der Waals surface area contributed by atoms with Gasteiger partial charge in [-0.25, -0.2) is 4.57 Å². The van der Waals surface area contributed by atoms with Gasteiger partial charge in [-0.3, -0.25) is 9.78 Å².